The molecule has 0 aromatic heterocycles. The van der Waals surface area contributed by atoms with Gasteiger partial charge in [-0.3, -0.25) is 0 Å². The van der Waals surface area contributed by atoms with Gasteiger partial charge >= 0.3 is 69.2 Å². The van der Waals surface area contributed by atoms with Crippen molar-refractivity contribution in [1.29, 1.82) is 0 Å². The third-order valence-electron chi connectivity index (χ3n) is 1.64. The van der Waals surface area contributed by atoms with E-state index in [-0.39, 0.29) is 69.2 Å². The molecule has 118 valence electrons. The number of rotatable bonds is 0. The predicted octanol–water partition coefficient (Wildman–Crippen LogP) is -3.81. The molecule has 0 fully saturated rings. The standard InChI is InChI=1S/C10H14.3Mg.2H3O4P/c1-10(2,3)9-7-5-4-6-8-9;;;;2*1-5(2,3)4/h4-8H,1-3H3;;;;2*(H3,1,2,3,4)/q;3*+2;;/p-6. The molecule has 0 saturated heterocycles. The van der Waals surface area contributed by atoms with Gasteiger partial charge in [-0.2, -0.15) is 15.6 Å². The second kappa shape index (κ2) is 16.0. The van der Waals surface area contributed by atoms with E-state index in [1.165, 1.54) is 5.56 Å². The molecule has 0 spiro atoms. The van der Waals surface area contributed by atoms with Crippen molar-refractivity contribution in [3.63, 3.8) is 0 Å². The molecule has 0 aliphatic rings. The minimum atomic E-state index is -5.39. The second-order valence-electron chi connectivity index (χ2n) is 4.51. The summed E-state index contributed by atoms with van der Waals surface area (Å²) in [6.45, 7) is 6.67. The molecule has 0 unspecified atom stereocenters. The van der Waals surface area contributed by atoms with Crippen molar-refractivity contribution in [3.8, 4) is 0 Å². The Balaban J connectivity index is -0.0000000728. The van der Waals surface area contributed by atoms with Crippen molar-refractivity contribution in [3.05, 3.63) is 35.9 Å². The zero-order valence-electron chi connectivity index (χ0n) is 13.2. The van der Waals surface area contributed by atoms with Crippen LogP contribution in [0.25, 0.3) is 0 Å². The van der Waals surface area contributed by atoms with E-state index in [2.05, 4.69) is 51.1 Å². The number of hydrogen-bond donors (Lipinski definition) is 0. The summed E-state index contributed by atoms with van der Waals surface area (Å²) in [6, 6.07) is 10.6. The molecule has 0 aliphatic carbocycles. The van der Waals surface area contributed by atoms with Crippen LogP contribution in [-0.2, 0) is 14.5 Å². The Hall–Kier alpha value is 1.74. The van der Waals surface area contributed by atoms with Crippen LogP contribution in [0.15, 0.2) is 30.3 Å². The van der Waals surface area contributed by atoms with Crippen LogP contribution in [0, 0.1) is 0 Å². The van der Waals surface area contributed by atoms with Crippen molar-refractivity contribution >= 4 is 84.8 Å². The Labute approximate surface area is 184 Å². The first-order valence-electron chi connectivity index (χ1n) is 5.12. The fourth-order valence-electron chi connectivity index (χ4n) is 0.938. The van der Waals surface area contributed by atoms with Gasteiger partial charge in [-0.15, -0.1) is 0 Å². The fraction of sp³-hybridized carbons (Fsp3) is 0.400. The SMILES string of the molecule is CC(C)(C)c1ccccc1.O=P([O-])([O-])[O-].O=P([O-])([O-])[O-].[Mg+2].[Mg+2].[Mg+2]. The first kappa shape index (κ1) is 35.8. The zero-order valence-corrected chi connectivity index (χ0v) is 19.2. The summed E-state index contributed by atoms with van der Waals surface area (Å²) in [5.41, 5.74) is 1.69. The Kier molecular flexibility index (Phi) is 24.8. The quantitative estimate of drug-likeness (QED) is 0.317. The molecule has 0 amide bonds. The third-order valence-corrected chi connectivity index (χ3v) is 1.64. The van der Waals surface area contributed by atoms with E-state index in [4.69, 9.17) is 38.5 Å². The normalized spacial score (nSPS) is 10.1. The molecule has 1 aromatic carbocycles. The van der Waals surface area contributed by atoms with Gasteiger partial charge in [0.15, 0.2) is 0 Å². The van der Waals surface area contributed by atoms with Crippen LogP contribution < -0.4 is 29.4 Å². The van der Waals surface area contributed by atoms with Crippen molar-refractivity contribution in [2.45, 2.75) is 26.2 Å². The Morgan fingerprint density at radius 1 is 0.696 bits per heavy atom. The minimum absolute atomic E-state index is 0. The van der Waals surface area contributed by atoms with Crippen LogP contribution in [0.4, 0.5) is 0 Å². The van der Waals surface area contributed by atoms with Gasteiger partial charge in [0.05, 0.1) is 0 Å². The molecule has 0 aliphatic heterocycles. The number of hydrogen-bond acceptors (Lipinski definition) is 8. The number of benzene rings is 1. The van der Waals surface area contributed by atoms with Crippen LogP contribution in [-0.4, -0.2) is 69.2 Å². The zero-order chi connectivity index (χ0) is 16.6. The maximum atomic E-state index is 8.55. The molecule has 0 heterocycles. The van der Waals surface area contributed by atoms with E-state index in [1.54, 1.807) is 0 Å². The van der Waals surface area contributed by atoms with Crippen molar-refractivity contribution in [2.75, 3.05) is 0 Å². The molecule has 0 saturated carbocycles. The first-order chi connectivity index (χ1) is 8.61. The fourth-order valence-corrected chi connectivity index (χ4v) is 0.938. The van der Waals surface area contributed by atoms with Crippen molar-refractivity contribution < 1.29 is 38.5 Å². The monoisotopic (exact) mass is 396 g/mol. The van der Waals surface area contributed by atoms with Gasteiger partial charge in [0.1, 0.15) is 0 Å². The second-order valence-corrected chi connectivity index (χ2v) is 6.30. The van der Waals surface area contributed by atoms with Crippen molar-refractivity contribution in [2.24, 2.45) is 0 Å². The molecular formula is C10H14Mg3O8P2. The molecular weight excluding hydrogens is 383 g/mol. The van der Waals surface area contributed by atoms with E-state index < -0.39 is 15.6 Å². The summed E-state index contributed by atoms with van der Waals surface area (Å²) < 4.78 is 17.1. The summed E-state index contributed by atoms with van der Waals surface area (Å²) in [7, 11) is -10.8. The van der Waals surface area contributed by atoms with E-state index >= 15 is 0 Å². The maximum absolute atomic E-state index is 8.55. The molecule has 0 N–H and O–H groups in total. The molecule has 1 aromatic rings. The van der Waals surface area contributed by atoms with Crippen LogP contribution in [0.1, 0.15) is 26.3 Å². The van der Waals surface area contributed by atoms with E-state index in [0.717, 1.165) is 0 Å². The average Bonchev–Trinajstić information content (AvgIpc) is 2.12. The first-order valence-corrected chi connectivity index (χ1v) is 8.04. The molecule has 0 atom stereocenters. The molecule has 0 radical (unpaired) electrons. The van der Waals surface area contributed by atoms with Crippen LogP contribution in [0.5, 0.6) is 0 Å². The van der Waals surface area contributed by atoms with E-state index in [1.807, 2.05) is 0 Å². The van der Waals surface area contributed by atoms with Crippen LogP contribution in [0.3, 0.4) is 0 Å². The molecule has 8 nitrogen and oxygen atoms in total. The Morgan fingerprint density at radius 3 is 1.04 bits per heavy atom. The minimum Gasteiger partial charge on any atom is -0.822 e. The predicted molar refractivity (Wildman–Crippen MR) is 77.6 cm³/mol. The van der Waals surface area contributed by atoms with Gasteiger partial charge in [0.25, 0.3) is 0 Å². The van der Waals surface area contributed by atoms with Gasteiger partial charge in [-0.1, -0.05) is 51.1 Å². The molecule has 0 bridgehead atoms. The molecule has 23 heavy (non-hydrogen) atoms. The largest absolute Gasteiger partial charge is 2.00 e. The summed E-state index contributed by atoms with van der Waals surface area (Å²) in [5, 5.41) is 0. The summed E-state index contributed by atoms with van der Waals surface area (Å²) >= 11 is 0. The molecule has 1 rings (SSSR count). The van der Waals surface area contributed by atoms with E-state index in [9.17, 15) is 0 Å². The average molecular weight is 397 g/mol. The Morgan fingerprint density at radius 2 is 0.913 bits per heavy atom. The maximum Gasteiger partial charge on any atom is 2.00 e. The van der Waals surface area contributed by atoms with Gasteiger partial charge in [-0.25, -0.2) is 0 Å². The summed E-state index contributed by atoms with van der Waals surface area (Å²) in [5.74, 6) is 0. The van der Waals surface area contributed by atoms with Gasteiger partial charge in [0.2, 0.25) is 0 Å². The van der Waals surface area contributed by atoms with Gasteiger partial charge in [0, 0.05) is 0 Å². The van der Waals surface area contributed by atoms with E-state index in [0.29, 0.717) is 5.41 Å². The van der Waals surface area contributed by atoms with Gasteiger partial charge < -0.3 is 38.5 Å². The summed E-state index contributed by atoms with van der Waals surface area (Å²) in [4.78, 5) is 51.3. The van der Waals surface area contributed by atoms with Gasteiger partial charge in [-0.05, 0) is 11.0 Å². The third kappa shape index (κ3) is 45.3. The Bertz CT molecular complexity index is 432. The molecule has 13 heteroatoms. The topological polar surface area (TPSA) is 172 Å². The van der Waals surface area contributed by atoms with Crippen LogP contribution >= 0.6 is 15.6 Å². The number of phosphoric acid groups is 2. The van der Waals surface area contributed by atoms with Crippen molar-refractivity contribution in [1.82, 2.24) is 0 Å². The smallest absolute Gasteiger partial charge is 0.822 e. The summed E-state index contributed by atoms with van der Waals surface area (Å²) in [6.07, 6.45) is 0. The van der Waals surface area contributed by atoms with Crippen LogP contribution in [0.2, 0.25) is 0 Å².